The van der Waals surface area contributed by atoms with E-state index in [9.17, 15) is 18.5 Å². The highest BCUT2D eigenvalue weighted by Crippen LogP contribution is 2.32. The quantitative estimate of drug-likeness (QED) is 0.183. The number of nitrogens with one attached hydrogen (secondary N) is 1. The molecule has 3 aromatic rings. The van der Waals surface area contributed by atoms with Crippen molar-refractivity contribution in [2.24, 2.45) is 5.10 Å². The van der Waals surface area contributed by atoms with Gasteiger partial charge in [-0.1, -0.05) is 12.1 Å². The van der Waals surface area contributed by atoms with E-state index < -0.39 is 25.6 Å². The first-order valence-corrected chi connectivity index (χ1v) is 11.8. The van der Waals surface area contributed by atoms with Gasteiger partial charge in [-0.15, -0.1) is 0 Å². The minimum atomic E-state index is -4.50. The van der Waals surface area contributed by atoms with Gasteiger partial charge in [0.15, 0.2) is 22.2 Å². The van der Waals surface area contributed by atoms with Gasteiger partial charge in [0, 0.05) is 40.3 Å². The molecule has 0 amide bonds. The van der Waals surface area contributed by atoms with Crippen LogP contribution in [0.25, 0.3) is 0 Å². The van der Waals surface area contributed by atoms with E-state index in [2.05, 4.69) is 20.5 Å². The minimum Gasteiger partial charge on any atom is -0.493 e. The predicted molar refractivity (Wildman–Crippen MR) is 136 cm³/mol. The monoisotopic (exact) mass is 515 g/mol. The third-order valence-corrected chi connectivity index (χ3v) is 5.95. The fourth-order valence-electron chi connectivity index (χ4n) is 2.90. The summed E-state index contributed by atoms with van der Waals surface area (Å²) < 4.78 is 35.9. The topological polar surface area (TPSA) is 152 Å². The van der Waals surface area contributed by atoms with Crippen LogP contribution in [0.2, 0.25) is 0 Å². The molecule has 0 unspecified atom stereocenters. The highest BCUT2D eigenvalue weighted by molar-refractivity contribution is 7.87. The van der Waals surface area contributed by atoms with Crippen LogP contribution in [0.3, 0.4) is 0 Å². The number of rotatable bonds is 10. The number of methoxy groups -OCH3 is 1. The summed E-state index contributed by atoms with van der Waals surface area (Å²) in [5.74, 6) is 1.61. The van der Waals surface area contributed by atoms with Gasteiger partial charge in [0.25, 0.3) is 5.69 Å². The molecular weight excluding hydrogens is 490 g/mol. The Morgan fingerprint density at radius 2 is 1.75 bits per heavy atom. The highest BCUT2D eigenvalue weighted by atomic mass is 32.2. The van der Waals surface area contributed by atoms with Crippen molar-refractivity contribution in [3.63, 3.8) is 0 Å². The lowest BCUT2D eigenvalue weighted by molar-refractivity contribution is -0.387. The molecule has 1 heterocycles. The number of aromatic nitrogens is 2. The Morgan fingerprint density at radius 1 is 1.03 bits per heavy atom. The van der Waals surface area contributed by atoms with E-state index in [0.717, 1.165) is 12.1 Å². The number of hydrazone groups is 1. The maximum atomic E-state index is 12.7. The Morgan fingerprint density at radius 3 is 2.39 bits per heavy atom. The normalized spacial score (nSPS) is 11.2. The van der Waals surface area contributed by atoms with E-state index >= 15 is 0 Å². The van der Waals surface area contributed by atoms with E-state index in [1.165, 1.54) is 37.6 Å². The molecule has 3 rings (SSSR count). The minimum absolute atomic E-state index is 0.0907. The van der Waals surface area contributed by atoms with Gasteiger partial charge in [-0.25, -0.2) is 0 Å². The van der Waals surface area contributed by atoms with Gasteiger partial charge in [0.2, 0.25) is 5.95 Å². The van der Waals surface area contributed by atoms with E-state index in [4.69, 9.17) is 8.92 Å². The molecule has 0 aliphatic rings. The molecule has 36 heavy (non-hydrogen) atoms. The molecule has 1 aromatic heterocycles. The van der Waals surface area contributed by atoms with Gasteiger partial charge in [-0.3, -0.25) is 15.5 Å². The number of para-hydroxylation sites is 1. The third-order valence-electron chi connectivity index (χ3n) is 4.67. The Labute approximate surface area is 208 Å². The number of nitrogens with zero attached hydrogens (tertiary/aromatic N) is 6. The summed E-state index contributed by atoms with van der Waals surface area (Å²) in [4.78, 5) is 22.3. The van der Waals surface area contributed by atoms with Crippen LogP contribution in [0, 0.1) is 10.1 Å². The lowest BCUT2D eigenvalue weighted by atomic mass is 10.2. The molecule has 2 aromatic carbocycles. The molecule has 0 aliphatic heterocycles. The van der Waals surface area contributed by atoms with Crippen LogP contribution in [0.1, 0.15) is 5.56 Å². The average Bonchev–Trinajstić information content (AvgIpc) is 2.84. The number of anilines is 3. The van der Waals surface area contributed by atoms with Crippen molar-refractivity contribution in [2.45, 2.75) is 4.90 Å². The van der Waals surface area contributed by atoms with Crippen molar-refractivity contribution < 1.29 is 22.3 Å². The number of nitro groups is 1. The van der Waals surface area contributed by atoms with Crippen LogP contribution in [-0.2, 0) is 10.1 Å². The molecule has 190 valence electrons. The van der Waals surface area contributed by atoms with Crippen LogP contribution in [0.5, 0.6) is 11.5 Å². The van der Waals surface area contributed by atoms with Gasteiger partial charge in [0.1, 0.15) is 5.82 Å². The first kappa shape index (κ1) is 26.2. The van der Waals surface area contributed by atoms with Crippen molar-refractivity contribution in [1.29, 1.82) is 0 Å². The lowest BCUT2D eigenvalue weighted by Gasteiger charge is -2.17. The van der Waals surface area contributed by atoms with Crippen LogP contribution >= 0.6 is 0 Å². The average molecular weight is 516 g/mol. The second kappa shape index (κ2) is 10.9. The van der Waals surface area contributed by atoms with Gasteiger partial charge < -0.3 is 18.7 Å². The molecule has 13 nitrogen and oxygen atoms in total. The van der Waals surface area contributed by atoms with Gasteiger partial charge in [0.05, 0.1) is 18.2 Å². The summed E-state index contributed by atoms with van der Waals surface area (Å²) in [6.45, 7) is 0. The third kappa shape index (κ3) is 6.15. The predicted octanol–water partition coefficient (Wildman–Crippen LogP) is 2.74. The lowest BCUT2D eigenvalue weighted by Crippen LogP contribution is -2.17. The summed E-state index contributed by atoms with van der Waals surface area (Å²) in [5.41, 5.74) is 2.81. The Balaban J connectivity index is 1.82. The number of hydrogen-bond acceptors (Lipinski definition) is 12. The van der Waals surface area contributed by atoms with Crippen molar-refractivity contribution >= 4 is 39.6 Å². The van der Waals surface area contributed by atoms with Crippen molar-refractivity contribution in [3.05, 3.63) is 64.2 Å². The van der Waals surface area contributed by atoms with Crippen molar-refractivity contribution in [1.82, 2.24) is 9.97 Å². The standard InChI is InChI=1S/C22H25N7O6S/c1-27(2)21-13-20(24-22(25-21)28(3)4)26-23-14-15-10-11-17(18(12-15)34-5)35-36(32,33)19-9-7-6-8-16(19)29(30)31/h6-14H,1-5H3,(H,24,25,26)/b23-14+. The van der Waals surface area contributed by atoms with Crippen molar-refractivity contribution in [2.75, 3.05) is 50.5 Å². The van der Waals surface area contributed by atoms with Gasteiger partial charge in [-0.2, -0.15) is 23.5 Å². The first-order chi connectivity index (χ1) is 17.0. The molecule has 0 spiro atoms. The molecule has 0 saturated heterocycles. The molecular formula is C22H25N7O6S. The molecule has 0 aliphatic carbocycles. The smallest absolute Gasteiger partial charge is 0.346 e. The molecule has 1 N–H and O–H groups in total. The number of ether oxygens (including phenoxy) is 1. The van der Waals surface area contributed by atoms with Crippen molar-refractivity contribution in [3.8, 4) is 11.5 Å². The summed E-state index contributed by atoms with van der Waals surface area (Å²) in [7, 11) is 4.22. The molecule has 0 radical (unpaired) electrons. The highest BCUT2D eigenvalue weighted by Gasteiger charge is 2.28. The van der Waals surface area contributed by atoms with E-state index in [1.807, 2.05) is 33.1 Å². The van der Waals surface area contributed by atoms with Crippen LogP contribution in [0.4, 0.5) is 23.3 Å². The van der Waals surface area contributed by atoms with Crippen LogP contribution in [0.15, 0.2) is 58.5 Å². The van der Waals surface area contributed by atoms with Gasteiger partial charge in [-0.05, 0) is 29.8 Å². The van der Waals surface area contributed by atoms with E-state index in [0.29, 0.717) is 23.1 Å². The second-order valence-electron chi connectivity index (χ2n) is 7.74. The molecule has 14 heteroatoms. The first-order valence-electron chi connectivity index (χ1n) is 10.4. The zero-order valence-corrected chi connectivity index (χ0v) is 21.1. The number of benzene rings is 2. The SMILES string of the molecule is COc1cc(/C=N/Nc2cc(N(C)C)nc(N(C)C)n2)ccc1OS(=O)(=O)c1ccccc1[N+](=O)[O-]. The zero-order chi connectivity index (χ0) is 26.5. The molecule has 0 fully saturated rings. The zero-order valence-electron chi connectivity index (χ0n) is 20.2. The molecule has 0 saturated carbocycles. The maximum absolute atomic E-state index is 12.7. The van der Waals surface area contributed by atoms with E-state index in [1.54, 1.807) is 17.0 Å². The fourth-order valence-corrected chi connectivity index (χ4v) is 4.00. The summed E-state index contributed by atoms with van der Waals surface area (Å²) >= 11 is 0. The fraction of sp³-hybridized carbons (Fsp3) is 0.227. The number of nitro benzene ring substituents is 1. The molecule has 0 atom stereocenters. The summed E-state index contributed by atoms with van der Waals surface area (Å²) in [6, 6.07) is 11.1. The second-order valence-corrected chi connectivity index (χ2v) is 9.26. The van der Waals surface area contributed by atoms with Gasteiger partial charge >= 0.3 is 10.1 Å². The Bertz CT molecular complexity index is 1370. The largest absolute Gasteiger partial charge is 0.493 e. The Hall–Kier alpha value is -4.46. The maximum Gasteiger partial charge on any atom is 0.346 e. The summed E-state index contributed by atoms with van der Waals surface area (Å²) in [5, 5.41) is 15.4. The number of hydrogen-bond donors (Lipinski definition) is 1. The van der Waals surface area contributed by atoms with E-state index in [-0.39, 0.29) is 11.5 Å². The Kier molecular flexibility index (Phi) is 7.89. The molecule has 0 bridgehead atoms. The van der Waals surface area contributed by atoms with Crippen LogP contribution in [-0.4, -0.2) is 64.8 Å². The van der Waals surface area contributed by atoms with Crippen LogP contribution < -0.4 is 24.1 Å². The summed E-state index contributed by atoms with van der Waals surface area (Å²) in [6.07, 6.45) is 1.48.